The Morgan fingerprint density at radius 1 is 1.24 bits per heavy atom. The van der Waals surface area contributed by atoms with Crippen molar-refractivity contribution in [1.82, 2.24) is 10.3 Å². The van der Waals surface area contributed by atoms with Gasteiger partial charge in [0.2, 0.25) is 11.8 Å². The van der Waals surface area contributed by atoms with Crippen LogP contribution in [0.5, 0.6) is 0 Å². The molecule has 0 unspecified atom stereocenters. The number of nitrogens with zero attached hydrogens (tertiary/aromatic N) is 2. The first-order chi connectivity index (χ1) is 12.1. The standard InChI is InChI=1S/C19H23N3O2S/c1-3-4-8-13-20-18(24)12-11-16-14-25-19(21-16)22(15(2)23)17-9-6-5-7-10-17/h5-7,9-12,14H,3-4,8,13H2,1-2H3,(H,20,24)/b12-11+. The van der Waals surface area contributed by atoms with E-state index >= 15 is 0 Å². The Morgan fingerprint density at radius 2 is 2.00 bits per heavy atom. The number of nitrogens with one attached hydrogen (secondary N) is 1. The van der Waals surface area contributed by atoms with Crippen LogP contribution in [0, 0.1) is 0 Å². The van der Waals surface area contributed by atoms with Gasteiger partial charge in [-0.15, -0.1) is 11.3 Å². The van der Waals surface area contributed by atoms with Gasteiger partial charge in [-0.2, -0.15) is 0 Å². The van der Waals surface area contributed by atoms with Gasteiger partial charge in [0, 0.05) is 24.9 Å². The second kappa shape index (κ2) is 9.74. The lowest BCUT2D eigenvalue weighted by atomic mass is 10.2. The molecule has 6 heteroatoms. The Balaban J connectivity index is 2.02. The minimum atomic E-state index is -0.128. The van der Waals surface area contributed by atoms with E-state index < -0.39 is 0 Å². The summed E-state index contributed by atoms with van der Waals surface area (Å²) in [6.45, 7) is 4.32. The van der Waals surface area contributed by atoms with Crippen molar-refractivity contribution >= 4 is 40.0 Å². The molecule has 1 aromatic carbocycles. The Labute approximate surface area is 152 Å². The third-order valence-electron chi connectivity index (χ3n) is 3.52. The highest BCUT2D eigenvalue weighted by Gasteiger charge is 2.17. The van der Waals surface area contributed by atoms with Gasteiger partial charge in [-0.25, -0.2) is 4.98 Å². The van der Waals surface area contributed by atoms with Gasteiger partial charge >= 0.3 is 0 Å². The molecule has 2 aromatic rings. The summed E-state index contributed by atoms with van der Waals surface area (Å²) in [4.78, 5) is 29.8. The number of rotatable bonds is 8. The van der Waals surface area contributed by atoms with Crippen LogP contribution in [0.15, 0.2) is 41.8 Å². The maximum Gasteiger partial charge on any atom is 0.244 e. The Bertz CT molecular complexity index is 725. The number of anilines is 2. The highest BCUT2D eigenvalue weighted by Crippen LogP contribution is 2.28. The molecule has 0 radical (unpaired) electrons. The topological polar surface area (TPSA) is 62.3 Å². The smallest absolute Gasteiger partial charge is 0.244 e. The van der Waals surface area contributed by atoms with Crippen molar-refractivity contribution in [2.75, 3.05) is 11.4 Å². The van der Waals surface area contributed by atoms with E-state index in [4.69, 9.17) is 0 Å². The van der Waals surface area contributed by atoms with Gasteiger partial charge in [-0.05, 0) is 24.6 Å². The number of aromatic nitrogens is 1. The molecule has 0 saturated carbocycles. The van der Waals surface area contributed by atoms with Crippen LogP contribution in [-0.2, 0) is 9.59 Å². The molecule has 1 N–H and O–H groups in total. The summed E-state index contributed by atoms with van der Waals surface area (Å²) in [5.41, 5.74) is 1.43. The highest BCUT2D eigenvalue weighted by molar-refractivity contribution is 7.14. The number of para-hydroxylation sites is 1. The van der Waals surface area contributed by atoms with E-state index in [0.717, 1.165) is 24.9 Å². The van der Waals surface area contributed by atoms with Crippen molar-refractivity contribution < 1.29 is 9.59 Å². The van der Waals surface area contributed by atoms with Gasteiger partial charge in [-0.1, -0.05) is 38.0 Å². The molecule has 5 nitrogen and oxygen atoms in total. The number of carbonyl (C=O) groups is 2. The van der Waals surface area contributed by atoms with Crippen LogP contribution < -0.4 is 10.2 Å². The Kier molecular flexibility index (Phi) is 7.35. The first-order valence-corrected chi connectivity index (χ1v) is 9.27. The fraction of sp³-hybridized carbons (Fsp3) is 0.316. The summed E-state index contributed by atoms with van der Waals surface area (Å²) in [6.07, 6.45) is 6.37. The average Bonchev–Trinajstić information content (AvgIpc) is 3.06. The van der Waals surface area contributed by atoms with Crippen LogP contribution in [0.1, 0.15) is 38.8 Å². The van der Waals surface area contributed by atoms with Gasteiger partial charge < -0.3 is 5.32 Å². The molecule has 0 aliphatic heterocycles. The highest BCUT2D eigenvalue weighted by atomic mass is 32.1. The fourth-order valence-corrected chi connectivity index (χ4v) is 3.12. The summed E-state index contributed by atoms with van der Waals surface area (Å²) in [5.74, 6) is -0.234. The molecule has 0 saturated heterocycles. The van der Waals surface area contributed by atoms with E-state index in [1.54, 1.807) is 11.0 Å². The second-order valence-electron chi connectivity index (χ2n) is 5.58. The number of unbranched alkanes of at least 4 members (excludes halogenated alkanes) is 2. The maximum atomic E-state index is 12.0. The van der Waals surface area contributed by atoms with E-state index in [2.05, 4.69) is 17.2 Å². The lowest BCUT2D eigenvalue weighted by molar-refractivity contribution is -0.117. The van der Waals surface area contributed by atoms with Crippen molar-refractivity contribution in [3.8, 4) is 0 Å². The fourth-order valence-electron chi connectivity index (χ4n) is 2.27. The molecule has 1 aromatic heterocycles. The third-order valence-corrected chi connectivity index (χ3v) is 4.36. The lowest BCUT2D eigenvalue weighted by Crippen LogP contribution is -2.22. The summed E-state index contributed by atoms with van der Waals surface area (Å²) in [7, 11) is 0. The number of thiazole rings is 1. The lowest BCUT2D eigenvalue weighted by Gasteiger charge is -2.17. The molecule has 0 bridgehead atoms. The predicted octanol–water partition coefficient (Wildman–Crippen LogP) is 4.15. The molecular formula is C19H23N3O2S. The van der Waals surface area contributed by atoms with Crippen LogP contribution in [0.2, 0.25) is 0 Å². The van der Waals surface area contributed by atoms with Crippen molar-refractivity contribution in [3.05, 3.63) is 47.5 Å². The van der Waals surface area contributed by atoms with Crippen molar-refractivity contribution in [2.24, 2.45) is 0 Å². The summed E-state index contributed by atoms with van der Waals surface area (Å²) >= 11 is 1.37. The first-order valence-electron chi connectivity index (χ1n) is 8.39. The second-order valence-corrected chi connectivity index (χ2v) is 6.41. The normalized spacial score (nSPS) is 10.8. The largest absolute Gasteiger partial charge is 0.353 e. The minimum absolute atomic E-state index is 0.107. The molecule has 0 spiro atoms. The van der Waals surface area contributed by atoms with Crippen molar-refractivity contribution in [2.45, 2.75) is 33.1 Å². The van der Waals surface area contributed by atoms with E-state index in [0.29, 0.717) is 17.4 Å². The molecular weight excluding hydrogens is 334 g/mol. The number of carbonyl (C=O) groups excluding carboxylic acids is 2. The quantitative estimate of drug-likeness (QED) is 0.570. The monoisotopic (exact) mass is 357 g/mol. The van der Waals surface area contributed by atoms with Crippen LogP contribution >= 0.6 is 11.3 Å². The zero-order valence-electron chi connectivity index (χ0n) is 14.6. The molecule has 25 heavy (non-hydrogen) atoms. The van der Waals surface area contributed by atoms with Crippen LogP contribution in [-0.4, -0.2) is 23.3 Å². The molecule has 1 heterocycles. The van der Waals surface area contributed by atoms with E-state index in [9.17, 15) is 9.59 Å². The van der Waals surface area contributed by atoms with Gasteiger partial charge in [-0.3, -0.25) is 14.5 Å². The third kappa shape index (κ3) is 5.83. The Morgan fingerprint density at radius 3 is 2.68 bits per heavy atom. The van der Waals surface area contributed by atoms with Crippen molar-refractivity contribution in [1.29, 1.82) is 0 Å². The molecule has 2 amide bonds. The number of hydrogen-bond acceptors (Lipinski definition) is 4. The van der Waals surface area contributed by atoms with Gasteiger partial charge in [0.15, 0.2) is 5.13 Å². The minimum Gasteiger partial charge on any atom is -0.353 e. The SMILES string of the molecule is CCCCCNC(=O)/C=C/c1csc(N(C(C)=O)c2ccccc2)n1. The number of hydrogen-bond donors (Lipinski definition) is 1. The van der Waals surface area contributed by atoms with Gasteiger partial charge in [0.1, 0.15) is 0 Å². The van der Waals surface area contributed by atoms with Crippen LogP contribution in [0.3, 0.4) is 0 Å². The molecule has 0 aliphatic rings. The van der Waals surface area contributed by atoms with Gasteiger partial charge in [0.05, 0.1) is 11.4 Å². The van der Waals surface area contributed by atoms with E-state index in [1.807, 2.05) is 35.7 Å². The summed E-state index contributed by atoms with van der Waals surface area (Å²) < 4.78 is 0. The Hall–Kier alpha value is -2.47. The van der Waals surface area contributed by atoms with E-state index in [1.165, 1.54) is 24.3 Å². The van der Waals surface area contributed by atoms with Gasteiger partial charge in [0.25, 0.3) is 0 Å². The zero-order chi connectivity index (χ0) is 18.1. The zero-order valence-corrected chi connectivity index (χ0v) is 15.4. The molecule has 132 valence electrons. The number of benzene rings is 1. The molecule has 0 fully saturated rings. The van der Waals surface area contributed by atoms with Crippen LogP contribution in [0.25, 0.3) is 6.08 Å². The molecule has 0 atom stereocenters. The first kappa shape index (κ1) is 18.9. The predicted molar refractivity (Wildman–Crippen MR) is 103 cm³/mol. The number of amides is 2. The molecule has 2 rings (SSSR count). The van der Waals surface area contributed by atoms with E-state index in [-0.39, 0.29) is 11.8 Å². The maximum absolute atomic E-state index is 12.0. The summed E-state index contributed by atoms with van der Waals surface area (Å²) in [6, 6.07) is 9.38. The summed E-state index contributed by atoms with van der Waals surface area (Å²) in [5, 5.41) is 5.26. The molecule has 0 aliphatic carbocycles. The average molecular weight is 357 g/mol. The van der Waals surface area contributed by atoms with Crippen molar-refractivity contribution in [3.63, 3.8) is 0 Å². The van der Waals surface area contributed by atoms with Crippen LogP contribution in [0.4, 0.5) is 10.8 Å².